The fourth-order valence-corrected chi connectivity index (χ4v) is 1.78. The van der Waals surface area contributed by atoms with Crippen molar-refractivity contribution in [3.05, 3.63) is 0 Å². The van der Waals surface area contributed by atoms with Crippen LogP contribution in [0.25, 0.3) is 0 Å². The van der Waals surface area contributed by atoms with E-state index in [2.05, 4.69) is 16.0 Å². The molecule has 2 fully saturated rings. The molecule has 0 aromatic carbocycles. The van der Waals surface area contributed by atoms with E-state index in [9.17, 15) is 9.90 Å². The summed E-state index contributed by atoms with van der Waals surface area (Å²) in [6, 6.07) is -0.196. The lowest BCUT2D eigenvalue weighted by Gasteiger charge is -2.27. The van der Waals surface area contributed by atoms with Crippen molar-refractivity contribution in [3.63, 3.8) is 0 Å². The van der Waals surface area contributed by atoms with E-state index in [1.807, 2.05) is 0 Å². The minimum atomic E-state index is -0.365. The Labute approximate surface area is 95.4 Å². The van der Waals surface area contributed by atoms with E-state index in [-0.39, 0.29) is 30.5 Å². The number of hydrogen-bond acceptors (Lipinski definition) is 4. The topological polar surface area (TPSA) is 73.4 Å². The first-order valence-corrected chi connectivity index (χ1v) is 5.15. The van der Waals surface area contributed by atoms with Gasteiger partial charge in [0.1, 0.15) is 0 Å². The summed E-state index contributed by atoms with van der Waals surface area (Å²) in [7, 11) is 0. The molecule has 2 aliphatic rings. The van der Waals surface area contributed by atoms with Crippen LogP contribution >= 0.6 is 12.4 Å². The fourth-order valence-electron chi connectivity index (χ4n) is 1.78. The van der Waals surface area contributed by atoms with Gasteiger partial charge in [-0.3, -0.25) is 4.79 Å². The lowest BCUT2D eigenvalue weighted by molar-refractivity contribution is -0.123. The van der Waals surface area contributed by atoms with Crippen molar-refractivity contribution in [1.29, 1.82) is 0 Å². The maximum Gasteiger partial charge on any atom is 0.237 e. The molecular weight excluding hydrogens is 218 g/mol. The summed E-state index contributed by atoms with van der Waals surface area (Å²) in [5, 5.41) is 18.3. The van der Waals surface area contributed by atoms with Crippen molar-refractivity contribution in [2.75, 3.05) is 26.2 Å². The summed E-state index contributed by atoms with van der Waals surface area (Å²) in [6.07, 6.45) is 0.172. The molecule has 0 aromatic heterocycles. The van der Waals surface area contributed by atoms with Gasteiger partial charge in [0.2, 0.25) is 5.91 Å². The minimum Gasteiger partial charge on any atom is -0.392 e. The average Bonchev–Trinajstić information content (AvgIpc) is 2.49. The highest BCUT2D eigenvalue weighted by atomic mass is 35.5. The van der Waals surface area contributed by atoms with Gasteiger partial charge in [-0.05, 0) is 6.42 Å². The van der Waals surface area contributed by atoms with E-state index in [0.717, 1.165) is 19.6 Å². The number of hydrogen-bond donors (Lipinski definition) is 4. The first-order chi connectivity index (χ1) is 6.75. The van der Waals surface area contributed by atoms with Crippen molar-refractivity contribution in [2.45, 2.75) is 18.6 Å². The molecule has 2 unspecified atom stereocenters. The number of β-amino-alcohol motifs (C(OH)–C–C–N with tert-alkyl or cyclic N) is 1. The minimum absolute atomic E-state index is 0. The van der Waals surface area contributed by atoms with Crippen molar-refractivity contribution in [1.82, 2.24) is 16.0 Å². The molecule has 2 atom stereocenters. The molecule has 4 N–H and O–H groups in total. The first-order valence-electron chi connectivity index (χ1n) is 5.15. The Bertz CT molecular complexity index is 223. The summed E-state index contributed by atoms with van der Waals surface area (Å²) < 4.78 is 0. The van der Waals surface area contributed by atoms with Crippen molar-refractivity contribution in [2.24, 2.45) is 5.92 Å². The molecule has 88 valence electrons. The van der Waals surface area contributed by atoms with Crippen molar-refractivity contribution in [3.8, 4) is 0 Å². The summed E-state index contributed by atoms with van der Waals surface area (Å²) in [4.78, 5) is 11.5. The highest BCUT2D eigenvalue weighted by molar-refractivity contribution is 5.85. The summed E-state index contributed by atoms with van der Waals surface area (Å²) in [6.45, 7) is 3.28. The van der Waals surface area contributed by atoms with E-state index in [1.165, 1.54) is 0 Å². The van der Waals surface area contributed by atoms with Gasteiger partial charge in [-0.2, -0.15) is 0 Å². The van der Waals surface area contributed by atoms with Crippen LogP contribution in [-0.2, 0) is 4.79 Å². The normalized spacial score (nSPS) is 30.5. The predicted octanol–water partition coefficient (Wildman–Crippen LogP) is -1.53. The average molecular weight is 236 g/mol. The van der Waals surface area contributed by atoms with Crippen LogP contribution in [-0.4, -0.2) is 49.3 Å². The summed E-state index contributed by atoms with van der Waals surface area (Å²) >= 11 is 0. The maximum absolute atomic E-state index is 11.5. The first kappa shape index (κ1) is 12.7. The lowest BCUT2D eigenvalue weighted by atomic mass is 10.0. The highest BCUT2D eigenvalue weighted by Gasteiger charge is 2.28. The van der Waals surface area contributed by atoms with Gasteiger partial charge < -0.3 is 21.1 Å². The highest BCUT2D eigenvalue weighted by Crippen LogP contribution is 2.06. The zero-order chi connectivity index (χ0) is 9.97. The van der Waals surface area contributed by atoms with Gasteiger partial charge in [-0.1, -0.05) is 0 Å². The number of aliphatic hydroxyl groups is 1. The third kappa shape index (κ3) is 3.31. The Balaban J connectivity index is 0.00000112. The van der Waals surface area contributed by atoms with Crippen LogP contribution < -0.4 is 16.0 Å². The molecule has 1 amide bonds. The van der Waals surface area contributed by atoms with Crippen LogP contribution in [0, 0.1) is 5.92 Å². The third-order valence-corrected chi connectivity index (χ3v) is 2.86. The lowest BCUT2D eigenvalue weighted by Crippen LogP contribution is -2.50. The van der Waals surface area contributed by atoms with Gasteiger partial charge in [0.15, 0.2) is 0 Å². The van der Waals surface area contributed by atoms with Gasteiger partial charge in [0.25, 0.3) is 0 Å². The second-order valence-corrected chi connectivity index (χ2v) is 4.12. The maximum atomic E-state index is 11.5. The molecule has 6 heteroatoms. The Hall–Kier alpha value is -0.360. The smallest absolute Gasteiger partial charge is 0.237 e. The molecule has 15 heavy (non-hydrogen) atoms. The van der Waals surface area contributed by atoms with E-state index >= 15 is 0 Å². The fraction of sp³-hybridized carbons (Fsp3) is 0.889. The van der Waals surface area contributed by atoms with Gasteiger partial charge in [0, 0.05) is 32.1 Å². The standard InChI is InChI=1S/C9H17N3O2.ClH/c13-7-1-8(11-5-7)9(14)12-4-6-2-10-3-6;/h6-8,10-11,13H,1-5H2,(H,12,14);1H. The van der Waals surface area contributed by atoms with E-state index < -0.39 is 0 Å². The van der Waals surface area contributed by atoms with Crippen LogP contribution in [0.5, 0.6) is 0 Å². The van der Waals surface area contributed by atoms with E-state index in [4.69, 9.17) is 0 Å². The molecule has 0 saturated carbocycles. The molecule has 0 aliphatic carbocycles. The number of nitrogens with one attached hydrogen (secondary N) is 3. The predicted molar refractivity (Wildman–Crippen MR) is 59.0 cm³/mol. The molecule has 2 rings (SSSR count). The monoisotopic (exact) mass is 235 g/mol. The van der Waals surface area contributed by atoms with Gasteiger partial charge >= 0.3 is 0 Å². The zero-order valence-corrected chi connectivity index (χ0v) is 9.35. The molecule has 0 radical (unpaired) electrons. The van der Waals surface area contributed by atoms with Crippen LogP contribution in [0.3, 0.4) is 0 Å². The summed E-state index contributed by atoms with van der Waals surface area (Å²) in [5.41, 5.74) is 0. The van der Waals surface area contributed by atoms with Crippen LogP contribution in [0.4, 0.5) is 0 Å². The molecule has 2 saturated heterocycles. The molecule has 0 bridgehead atoms. The second kappa shape index (κ2) is 5.65. The molecule has 2 aliphatic heterocycles. The number of amides is 1. The largest absolute Gasteiger partial charge is 0.392 e. The van der Waals surface area contributed by atoms with Crippen molar-refractivity contribution >= 4 is 18.3 Å². The van der Waals surface area contributed by atoms with Crippen molar-refractivity contribution < 1.29 is 9.90 Å². The Kier molecular flexibility index (Phi) is 4.79. The zero-order valence-electron chi connectivity index (χ0n) is 8.53. The quantitative estimate of drug-likeness (QED) is 0.479. The third-order valence-electron chi connectivity index (χ3n) is 2.86. The Morgan fingerprint density at radius 3 is 2.60 bits per heavy atom. The van der Waals surface area contributed by atoms with Crippen LogP contribution in [0.1, 0.15) is 6.42 Å². The van der Waals surface area contributed by atoms with Gasteiger partial charge in [0.05, 0.1) is 12.1 Å². The molecular formula is C9H18ClN3O2. The Morgan fingerprint density at radius 2 is 2.13 bits per heavy atom. The Morgan fingerprint density at radius 1 is 1.40 bits per heavy atom. The molecule has 2 heterocycles. The molecule has 0 aromatic rings. The van der Waals surface area contributed by atoms with E-state index in [1.54, 1.807) is 0 Å². The number of halogens is 1. The number of carbonyl (C=O) groups excluding carboxylic acids is 1. The van der Waals surface area contributed by atoms with Crippen LogP contribution in [0.2, 0.25) is 0 Å². The summed E-state index contributed by atoms with van der Waals surface area (Å²) in [5.74, 6) is 0.610. The second-order valence-electron chi connectivity index (χ2n) is 4.12. The SMILES string of the molecule is Cl.O=C(NCC1CNC1)C1CC(O)CN1. The number of aliphatic hydroxyl groups excluding tert-OH is 1. The number of rotatable bonds is 3. The number of carbonyl (C=O) groups is 1. The molecule has 5 nitrogen and oxygen atoms in total. The van der Waals surface area contributed by atoms with Gasteiger partial charge in [-0.25, -0.2) is 0 Å². The van der Waals surface area contributed by atoms with Crippen LogP contribution in [0.15, 0.2) is 0 Å². The van der Waals surface area contributed by atoms with E-state index in [0.29, 0.717) is 18.9 Å². The van der Waals surface area contributed by atoms with Gasteiger partial charge in [-0.15, -0.1) is 12.4 Å². The molecule has 0 spiro atoms.